The molecule has 0 bridgehead atoms. The Kier molecular flexibility index (Phi) is 4.14. The van der Waals surface area contributed by atoms with Gasteiger partial charge in [0.05, 0.1) is 11.5 Å². The second-order valence-electron chi connectivity index (χ2n) is 2.96. The second kappa shape index (κ2) is 5.58. The summed E-state index contributed by atoms with van der Waals surface area (Å²) in [5, 5.41) is 18.3. The van der Waals surface area contributed by atoms with E-state index >= 15 is 0 Å². The molecule has 1 aromatic heterocycles. The largest absolute Gasteiger partial charge is 0.358 e. The van der Waals surface area contributed by atoms with Gasteiger partial charge in [-0.3, -0.25) is 14.9 Å². The van der Waals surface area contributed by atoms with Crippen molar-refractivity contribution in [2.45, 2.75) is 0 Å². The lowest BCUT2D eigenvalue weighted by molar-refractivity contribution is -0.384. The lowest BCUT2D eigenvalue weighted by Crippen LogP contribution is -2.26. The average molecular weight is 240 g/mol. The quantitative estimate of drug-likeness (QED) is 0.472. The van der Waals surface area contributed by atoms with Gasteiger partial charge in [0.15, 0.2) is 0 Å². The molecule has 1 amide bonds. The number of hydrogen-bond acceptors (Lipinski definition) is 7. The standard InChI is InChI=1S/C8H12N6O3/c1-9-6(15)4-11-7-5(14(16)17)3-12-8(10-2)13-7/h3H,4H2,1-2H3,(H,9,15)(H2,10,11,12,13). The number of anilines is 2. The van der Waals surface area contributed by atoms with Crippen LogP contribution in [0.4, 0.5) is 17.5 Å². The number of carbonyl (C=O) groups is 1. The van der Waals surface area contributed by atoms with Gasteiger partial charge in [-0.15, -0.1) is 0 Å². The minimum Gasteiger partial charge on any atom is -0.358 e. The van der Waals surface area contributed by atoms with E-state index in [0.717, 1.165) is 6.20 Å². The molecule has 9 nitrogen and oxygen atoms in total. The number of nitrogens with one attached hydrogen (secondary N) is 3. The number of amides is 1. The normalized spacial score (nSPS) is 9.53. The van der Waals surface area contributed by atoms with Crippen LogP contribution in [-0.4, -0.2) is 41.4 Å². The van der Waals surface area contributed by atoms with Gasteiger partial charge in [0, 0.05) is 14.1 Å². The molecular weight excluding hydrogens is 228 g/mol. The van der Waals surface area contributed by atoms with E-state index in [0.29, 0.717) is 0 Å². The van der Waals surface area contributed by atoms with Crippen LogP contribution >= 0.6 is 0 Å². The SMILES string of the molecule is CNC(=O)CNc1nc(NC)ncc1[N+](=O)[O-]. The fourth-order valence-corrected chi connectivity index (χ4v) is 1.01. The molecule has 0 aliphatic heterocycles. The highest BCUT2D eigenvalue weighted by atomic mass is 16.6. The van der Waals surface area contributed by atoms with E-state index in [1.165, 1.54) is 7.05 Å². The molecule has 0 saturated heterocycles. The van der Waals surface area contributed by atoms with Gasteiger partial charge in [0.2, 0.25) is 17.7 Å². The summed E-state index contributed by atoms with van der Waals surface area (Å²) in [5.41, 5.74) is -0.284. The van der Waals surface area contributed by atoms with E-state index in [4.69, 9.17) is 0 Å². The summed E-state index contributed by atoms with van der Waals surface area (Å²) >= 11 is 0. The molecule has 0 fully saturated rings. The molecule has 0 aliphatic rings. The van der Waals surface area contributed by atoms with E-state index in [2.05, 4.69) is 25.9 Å². The third kappa shape index (κ3) is 3.26. The van der Waals surface area contributed by atoms with Crippen molar-refractivity contribution in [1.29, 1.82) is 0 Å². The monoisotopic (exact) mass is 240 g/mol. The van der Waals surface area contributed by atoms with Crippen LogP contribution < -0.4 is 16.0 Å². The van der Waals surface area contributed by atoms with Crippen LogP contribution in [0.2, 0.25) is 0 Å². The van der Waals surface area contributed by atoms with Crippen molar-refractivity contribution >= 4 is 23.4 Å². The molecule has 0 aliphatic carbocycles. The number of likely N-dealkylation sites (N-methyl/N-ethyl adjacent to an activating group) is 1. The number of nitrogens with zero attached hydrogens (tertiary/aromatic N) is 3. The van der Waals surface area contributed by atoms with Gasteiger partial charge in [-0.05, 0) is 0 Å². The maximum Gasteiger partial charge on any atom is 0.329 e. The van der Waals surface area contributed by atoms with E-state index in [-0.39, 0.29) is 29.9 Å². The molecule has 1 aromatic rings. The second-order valence-corrected chi connectivity index (χ2v) is 2.96. The summed E-state index contributed by atoms with van der Waals surface area (Å²) in [4.78, 5) is 28.7. The van der Waals surface area contributed by atoms with Gasteiger partial charge in [-0.25, -0.2) is 4.98 Å². The maximum atomic E-state index is 11.0. The molecule has 1 heterocycles. The Morgan fingerprint density at radius 1 is 1.53 bits per heavy atom. The highest BCUT2D eigenvalue weighted by Crippen LogP contribution is 2.21. The van der Waals surface area contributed by atoms with Crippen molar-refractivity contribution in [1.82, 2.24) is 15.3 Å². The van der Waals surface area contributed by atoms with Crippen molar-refractivity contribution < 1.29 is 9.72 Å². The average Bonchev–Trinajstić information content (AvgIpc) is 2.35. The van der Waals surface area contributed by atoms with Crippen LogP contribution in [0.25, 0.3) is 0 Å². The van der Waals surface area contributed by atoms with Crippen LogP contribution in [0, 0.1) is 10.1 Å². The zero-order chi connectivity index (χ0) is 12.8. The van der Waals surface area contributed by atoms with Crippen molar-refractivity contribution in [3.05, 3.63) is 16.3 Å². The van der Waals surface area contributed by atoms with Gasteiger partial charge in [-0.2, -0.15) is 4.98 Å². The first-order chi connectivity index (χ1) is 8.08. The minimum atomic E-state index is -0.619. The van der Waals surface area contributed by atoms with Gasteiger partial charge >= 0.3 is 5.69 Å². The number of rotatable bonds is 5. The lowest BCUT2D eigenvalue weighted by Gasteiger charge is -2.06. The number of aromatic nitrogens is 2. The first kappa shape index (κ1) is 12.6. The predicted octanol–water partition coefficient (Wildman–Crippen LogP) is -0.416. The molecule has 3 N–H and O–H groups in total. The highest BCUT2D eigenvalue weighted by molar-refractivity contribution is 5.80. The van der Waals surface area contributed by atoms with E-state index in [9.17, 15) is 14.9 Å². The summed E-state index contributed by atoms with van der Waals surface area (Å²) in [5.74, 6) is -0.0723. The molecule has 0 saturated carbocycles. The Labute approximate surface area is 96.8 Å². The van der Waals surface area contributed by atoms with Crippen LogP contribution in [0.15, 0.2) is 6.20 Å². The zero-order valence-corrected chi connectivity index (χ0v) is 9.35. The number of hydrogen-bond donors (Lipinski definition) is 3. The first-order valence-electron chi connectivity index (χ1n) is 4.72. The van der Waals surface area contributed by atoms with E-state index in [1.54, 1.807) is 7.05 Å². The third-order valence-corrected chi connectivity index (χ3v) is 1.88. The lowest BCUT2D eigenvalue weighted by atomic mass is 10.4. The molecule has 17 heavy (non-hydrogen) atoms. The Hall–Kier alpha value is -2.45. The van der Waals surface area contributed by atoms with Crippen LogP contribution in [0.5, 0.6) is 0 Å². The van der Waals surface area contributed by atoms with Crippen LogP contribution in [0.1, 0.15) is 0 Å². The van der Waals surface area contributed by atoms with Gasteiger partial charge in [0.1, 0.15) is 6.20 Å². The van der Waals surface area contributed by atoms with Gasteiger partial charge in [-0.1, -0.05) is 0 Å². The Bertz CT molecular complexity index is 435. The van der Waals surface area contributed by atoms with E-state index < -0.39 is 4.92 Å². The van der Waals surface area contributed by atoms with E-state index in [1.807, 2.05) is 0 Å². The summed E-state index contributed by atoms with van der Waals surface area (Å²) < 4.78 is 0. The molecule has 0 radical (unpaired) electrons. The Balaban J connectivity index is 2.93. The summed E-state index contributed by atoms with van der Waals surface area (Å²) in [6.07, 6.45) is 1.07. The molecule has 0 aromatic carbocycles. The predicted molar refractivity (Wildman–Crippen MR) is 60.8 cm³/mol. The van der Waals surface area contributed by atoms with Crippen molar-refractivity contribution in [2.24, 2.45) is 0 Å². The minimum absolute atomic E-state index is 0.00190. The van der Waals surface area contributed by atoms with Gasteiger partial charge in [0.25, 0.3) is 0 Å². The zero-order valence-electron chi connectivity index (χ0n) is 9.35. The van der Waals surface area contributed by atoms with Crippen molar-refractivity contribution in [3.8, 4) is 0 Å². The van der Waals surface area contributed by atoms with Gasteiger partial charge < -0.3 is 16.0 Å². The summed E-state index contributed by atoms with van der Waals surface area (Å²) in [7, 11) is 3.06. The smallest absolute Gasteiger partial charge is 0.329 e. The number of carbonyl (C=O) groups excluding carboxylic acids is 1. The molecule has 1 rings (SSSR count). The molecule has 92 valence electrons. The third-order valence-electron chi connectivity index (χ3n) is 1.88. The summed E-state index contributed by atoms with van der Waals surface area (Å²) in [6, 6.07) is 0. The molecular formula is C8H12N6O3. The Morgan fingerprint density at radius 3 is 2.76 bits per heavy atom. The maximum absolute atomic E-state index is 11.0. The highest BCUT2D eigenvalue weighted by Gasteiger charge is 2.17. The van der Waals surface area contributed by atoms with Crippen LogP contribution in [0.3, 0.4) is 0 Å². The molecule has 0 atom stereocenters. The fourth-order valence-electron chi connectivity index (χ4n) is 1.01. The Morgan fingerprint density at radius 2 is 2.24 bits per heavy atom. The van der Waals surface area contributed by atoms with Crippen LogP contribution in [-0.2, 0) is 4.79 Å². The number of nitro groups is 1. The van der Waals surface area contributed by atoms with Crippen molar-refractivity contribution in [3.63, 3.8) is 0 Å². The summed E-state index contributed by atoms with van der Waals surface area (Å²) in [6.45, 7) is -0.0997. The first-order valence-corrected chi connectivity index (χ1v) is 4.72. The van der Waals surface area contributed by atoms with Crippen molar-refractivity contribution in [2.75, 3.05) is 31.3 Å². The molecule has 0 unspecified atom stereocenters. The fraction of sp³-hybridized carbons (Fsp3) is 0.375. The molecule has 9 heteroatoms. The topological polar surface area (TPSA) is 122 Å². The molecule has 0 spiro atoms.